The average Bonchev–Trinajstić information content (AvgIpc) is 3.22. The van der Waals surface area contributed by atoms with E-state index in [2.05, 4.69) is 104 Å². The van der Waals surface area contributed by atoms with Crippen molar-refractivity contribution >= 4 is 5.91 Å². The first-order valence-corrected chi connectivity index (χ1v) is 22.5. The highest BCUT2D eigenvalue weighted by atomic mass is 16.7. The van der Waals surface area contributed by atoms with E-state index in [9.17, 15) is 30.3 Å². The molecule has 7 unspecified atom stereocenters. The van der Waals surface area contributed by atoms with Crippen LogP contribution >= 0.6 is 0 Å². The molecule has 58 heavy (non-hydrogen) atoms. The highest BCUT2D eigenvalue weighted by molar-refractivity contribution is 5.76. The predicted molar refractivity (Wildman–Crippen MR) is 239 cm³/mol. The van der Waals surface area contributed by atoms with Gasteiger partial charge in [0.1, 0.15) is 24.4 Å². The Bertz CT molecular complexity index is 1220. The molecule has 0 radical (unpaired) electrons. The van der Waals surface area contributed by atoms with E-state index in [1.807, 2.05) is 6.08 Å². The SMILES string of the molecule is CC/C=C\C/C=C\C/C=C\C/C=C\C/C=C\C/C=C\CCCCCCCCCCC(=O)NC(COC1OC(CO)C(O)C(O)C1O)C(O)/C=C/CC/C=C/CCCC. The molecular formula is C49H81NO8. The largest absolute Gasteiger partial charge is 0.394 e. The highest BCUT2D eigenvalue weighted by Crippen LogP contribution is 2.22. The van der Waals surface area contributed by atoms with E-state index in [1.54, 1.807) is 6.08 Å². The molecule has 9 nitrogen and oxygen atoms in total. The van der Waals surface area contributed by atoms with Crippen LogP contribution in [0.15, 0.2) is 97.2 Å². The second kappa shape index (κ2) is 38.3. The lowest BCUT2D eigenvalue weighted by atomic mass is 9.99. The summed E-state index contributed by atoms with van der Waals surface area (Å²) in [6.07, 6.45) is 47.6. The molecule has 6 N–H and O–H groups in total. The van der Waals surface area contributed by atoms with Crippen LogP contribution in [0.25, 0.3) is 0 Å². The number of carbonyl (C=O) groups is 1. The Kier molecular flexibility index (Phi) is 35.1. The summed E-state index contributed by atoms with van der Waals surface area (Å²) in [4.78, 5) is 12.9. The molecule has 1 aliphatic rings. The van der Waals surface area contributed by atoms with Gasteiger partial charge >= 0.3 is 0 Å². The molecule has 0 aromatic heterocycles. The van der Waals surface area contributed by atoms with Crippen LogP contribution in [0.2, 0.25) is 0 Å². The smallest absolute Gasteiger partial charge is 0.220 e. The third kappa shape index (κ3) is 28.5. The van der Waals surface area contributed by atoms with Crippen LogP contribution in [-0.4, -0.2) is 87.5 Å². The third-order valence-corrected chi connectivity index (χ3v) is 9.89. The van der Waals surface area contributed by atoms with Crippen LogP contribution < -0.4 is 5.32 Å². The normalized spacial score (nSPS) is 21.8. The second-order valence-corrected chi connectivity index (χ2v) is 15.1. The van der Waals surface area contributed by atoms with Gasteiger partial charge in [-0.15, -0.1) is 0 Å². The van der Waals surface area contributed by atoms with Gasteiger partial charge in [0.15, 0.2) is 6.29 Å². The second-order valence-electron chi connectivity index (χ2n) is 15.1. The topological polar surface area (TPSA) is 149 Å². The van der Waals surface area contributed by atoms with Crippen molar-refractivity contribution in [2.75, 3.05) is 13.2 Å². The molecule has 0 spiro atoms. The van der Waals surface area contributed by atoms with Gasteiger partial charge < -0.3 is 40.3 Å². The summed E-state index contributed by atoms with van der Waals surface area (Å²) in [5, 5.41) is 53.9. The molecule has 9 heteroatoms. The molecule has 0 aromatic carbocycles. The zero-order valence-corrected chi connectivity index (χ0v) is 36.0. The number of aliphatic hydroxyl groups excluding tert-OH is 5. The van der Waals surface area contributed by atoms with Gasteiger partial charge in [-0.2, -0.15) is 0 Å². The maximum absolute atomic E-state index is 12.9. The van der Waals surface area contributed by atoms with Crippen molar-refractivity contribution in [2.45, 2.75) is 192 Å². The van der Waals surface area contributed by atoms with Crippen LogP contribution in [-0.2, 0) is 14.3 Å². The number of rotatable bonds is 35. The third-order valence-electron chi connectivity index (χ3n) is 9.89. The first kappa shape index (κ1) is 53.1. The first-order chi connectivity index (χ1) is 28.3. The van der Waals surface area contributed by atoms with Gasteiger partial charge in [-0.25, -0.2) is 0 Å². The average molecular weight is 812 g/mol. The summed E-state index contributed by atoms with van der Waals surface area (Å²) in [6.45, 7) is 3.53. The van der Waals surface area contributed by atoms with Crippen LogP contribution in [0.3, 0.4) is 0 Å². The zero-order chi connectivity index (χ0) is 42.3. The van der Waals surface area contributed by atoms with Gasteiger partial charge in [-0.3, -0.25) is 4.79 Å². The molecule has 1 rings (SSSR count). The van der Waals surface area contributed by atoms with E-state index >= 15 is 0 Å². The number of ether oxygens (including phenoxy) is 2. The summed E-state index contributed by atoms with van der Waals surface area (Å²) in [7, 11) is 0. The van der Waals surface area contributed by atoms with Gasteiger partial charge in [0.25, 0.3) is 0 Å². The Morgan fingerprint density at radius 1 is 0.603 bits per heavy atom. The van der Waals surface area contributed by atoms with Crippen molar-refractivity contribution in [3.05, 3.63) is 97.2 Å². The van der Waals surface area contributed by atoms with Crippen molar-refractivity contribution < 1.29 is 39.8 Å². The number of allylic oxidation sites excluding steroid dienone is 15. The Hall–Kier alpha value is -2.89. The molecule has 1 saturated heterocycles. The van der Waals surface area contributed by atoms with Crippen molar-refractivity contribution in [3.8, 4) is 0 Å². The minimum absolute atomic E-state index is 0.205. The quantitative estimate of drug-likeness (QED) is 0.0274. The standard InChI is InChI=1S/C49H81NO8/c1-3-5-7-9-11-13-14-15-16-17-18-19-20-21-22-23-24-25-26-27-28-29-30-31-33-35-37-39-45(53)50-42(43(52)38-36-34-32-12-10-8-6-4-2)41-57-49-48(56)47(55)46(54)44(40-51)58-49/h5,7,10-13,15-16,18-19,21-22,24-25,36,38,42-44,46-49,51-52,54-56H,3-4,6,8-9,14,17,20,23,26-35,37,39-41H2,1-2H3,(H,50,53)/b7-5-,12-10+,13-11-,16-15-,19-18-,22-21-,25-24-,38-36+. The Labute approximate surface area is 352 Å². The van der Waals surface area contributed by atoms with Crippen molar-refractivity contribution in [1.29, 1.82) is 0 Å². The molecular weight excluding hydrogens is 731 g/mol. The lowest BCUT2D eigenvalue weighted by Crippen LogP contribution is -2.60. The van der Waals surface area contributed by atoms with E-state index in [0.717, 1.165) is 103 Å². The Morgan fingerprint density at radius 2 is 1.09 bits per heavy atom. The van der Waals surface area contributed by atoms with Crippen LogP contribution in [0.5, 0.6) is 0 Å². The van der Waals surface area contributed by atoms with E-state index in [4.69, 9.17) is 9.47 Å². The monoisotopic (exact) mass is 812 g/mol. The molecule has 330 valence electrons. The van der Waals surface area contributed by atoms with E-state index in [0.29, 0.717) is 6.42 Å². The molecule has 0 bridgehead atoms. The number of nitrogens with one attached hydrogen (secondary N) is 1. The first-order valence-electron chi connectivity index (χ1n) is 22.5. The maximum atomic E-state index is 12.9. The van der Waals surface area contributed by atoms with Crippen molar-refractivity contribution in [3.63, 3.8) is 0 Å². The molecule has 0 saturated carbocycles. The summed E-state index contributed by atoms with van der Waals surface area (Å²) >= 11 is 0. The zero-order valence-electron chi connectivity index (χ0n) is 36.0. The Balaban J connectivity index is 2.25. The lowest BCUT2D eigenvalue weighted by Gasteiger charge is -2.40. The number of aliphatic hydroxyl groups is 5. The predicted octanol–water partition coefficient (Wildman–Crippen LogP) is 9.33. The van der Waals surface area contributed by atoms with E-state index in [1.165, 1.54) is 25.7 Å². The number of carbonyl (C=O) groups excluding carboxylic acids is 1. The van der Waals surface area contributed by atoms with Crippen LogP contribution in [0, 0.1) is 0 Å². The molecule has 0 aliphatic carbocycles. The molecule has 1 heterocycles. The summed E-state index contributed by atoms with van der Waals surface area (Å²) in [6, 6.07) is -0.830. The van der Waals surface area contributed by atoms with Gasteiger partial charge in [0.05, 0.1) is 25.4 Å². The number of hydrogen-bond donors (Lipinski definition) is 6. The lowest BCUT2D eigenvalue weighted by molar-refractivity contribution is -0.302. The summed E-state index contributed by atoms with van der Waals surface area (Å²) < 4.78 is 11.1. The van der Waals surface area contributed by atoms with Crippen LogP contribution in [0.4, 0.5) is 0 Å². The maximum Gasteiger partial charge on any atom is 0.220 e. The van der Waals surface area contributed by atoms with Gasteiger partial charge in [0.2, 0.25) is 5.91 Å². The van der Waals surface area contributed by atoms with Crippen LogP contribution in [0.1, 0.15) is 149 Å². The summed E-state index contributed by atoms with van der Waals surface area (Å²) in [5.74, 6) is -0.205. The van der Waals surface area contributed by atoms with E-state index < -0.39 is 49.5 Å². The fourth-order valence-electron chi connectivity index (χ4n) is 6.28. The number of amides is 1. The molecule has 0 aromatic rings. The van der Waals surface area contributed by atoms with Gasteiger partial charge in [0, 0.05) is 6.42 Å². The van der Waals surface area contributed by atoms with Crippen molar-refractivity contribution in [1.82, 2.24) is 5.32 Å². The van der Waals surface area contributed by atoms with Gasteiger partial charge in [-0.1, -0.05) is 162 Å². The number of unbranched alkanes of at least 4 members (excludes halogenated alkanes) is 11. The fraction of sp³-hybridized carbons (Fsp3) is 0.653. The highest BCUT2D eigenvalue weighted by Gasteiger charge is 2.44. The Morgan fingerprint density at radius 3 is 1.66 bits per heavy atom. The fourth-order valence-corrected chi connectivity index (χ4v) is 6.28. The molecule has 7 atom stereocenters. The van der Waals surface area contributed by atoms with Crippen molar-refractivity contribution in [2.24, 2.45) is 0 Å². The summed E-state index contributed by atoms with van der Waals surface area (Å²) in [5.41, 5.74) is 0. The van der Waals surface area contributed by atoms with E-state index in [-0.39, 0.29) is 12.5 Å². The minimum Gasteiger partial charge on any atom is -0.394 e. The number of hydrogen-bond acceptors (Lipinski definition) is 8. The molecule has 1 fully saturated rings. The minimum atomic E-state index is -1.58. The van der Waals surface area contributed by atoms with Gasteiger partial charge in [-0.05, 0) is 77.0 Å². The molecule has 1 aliphatic heterocycles. The molecule has 1 amide bonds.